The van der Waals surface area contributed by atoms with Gasteiger partial charge < -0.3 is 9.30 Å². The van der Waals surface area contributed by atoms with Gasteiger partial charge in [-0.25, -0.2) is 4.79 Å². The van der Waals surface area contributed by atoms with E-state index in [0.717, 1.165) is 33.3 Å². The molecule has 0 atom stereocenters. The Morgan fingerprint density at radius 3 is 2.70 bits per heavy atom. The van der Waals surface area contributed by atoms with Gasteiger partial charge in [0.2, 0.25) is 0 Å². The molecule has 1 aromatic heterocycles. The van der Waals surface area contributed by atoms with Crippen molar-refractivity contribution in [2.75, 3.05) is 7.11 Å². The average molecular weight is 396 g/mol. The predicted molar refractivity (Wildman–Crippen MR) is 118 cm³/mol. The summed E-state index contributed by atoms with van der Waals surface area (Å²) in [6.07, 6.45) is 8.49. The highest BCUT2D eigenvalue weighted by molar-refractivity contribution is 5.97. The zero-order chi connectivity index (χ0) is 20.7. The summed E-state index contributed by atoms with van der Waals surface area (Å²) in [6.45, 7) is 0.493. The number of allylic oxidation sites excluding steroid dienone is 1. The van der Waals surface area contributed by atoms with Crippen LogP contribution in [0.1, 0.15) is 59.5 Å². The molecule has 0 N–H and O–H groups in total. The van der Waals surface area contributed by atoms with E-state index in [2.05, 4.69) is 34.9 Å². The Kier molecular flexibility index (Phi) is 4.67. The first-order valence-electron chi connectivity index (χ1n) is 10.6. The maximum absolute atomic E-state index is 12.0. The number of methoxy groups -OCH3 is 1. The largest absolute Gasteiger partial charge is 0.465 e. The molecule has 1 saturated carbocycles. The van der Waals surface area contributed by atoms with Gasteiger partial charge in [-0.05, 0) is 54.2 Å². The summed E-state index contributed by atoms with van der Waals surface area (Å²) in [5.74, 6) is 0.273. The number of rotatable bonds is 2. The van der Waals surface area contributed by atoms with Crippen molar-refractivity contribution >= 4 is 22.9 Å². The Balaban J connectivity index is 1.67. The van der Waals surface area contributed by atoms with E-state index in [4.69, 9.17) is 4.74 Å². The van der Waals surface area contributed by atoms with Crippen LogP contribution in [0.25, 0.3) is 28.2 Å². The van der Waals surface area contributed by atoms with Gasteiger partial charge in [-0.15, -0.1) is 0 Å². The number of hydrogen-bond donors (Lipinski definition) is 0. The molecule has 0 amide bonds. The zero-order valence-electron chi connectivity index (χ0n) is 17.1. The van der Waals surface area contributed by atoms with Gasteiger partial charge in [-0.3, -0.25) is 0 Å². The van der Waals surface area contributed by atoms with Crippen LogP contribution >= 0.6 is 0 Å². The van der Waals surface area contributed by atoms with Crippen LogP contribution in [0.15, 0.2) is 48.0 Å². The molecule has 150 valence electrons. The highest BCUT2D eigenvalue weighted by Gasteiger charge is 2.22. The average Bonchev–Trinajstić information content (AvgIpc) is 3.07. The smallest absolute Gasteiger partial charge is 0.337 e. The molecular formula is C26H24N2O2. The molecule has 1 fully saturated rings. The first-order valence-corrected chi connectivity index (χ1v) is 10.6. The summed E-state index contributed by atoms with van der Waals surface area (Å²) in [5.41, 5.74) is 6.90. The summed E-state index contributed by atoms with van der Waals surface area (Å²) in [7, 11) is 1.39. The first-order chi connectivity index (χ1) is 14.7. The Labute approximate surface area is 176 Å². The maximum Gasteiger partial charge on any atom is 0.337 e. The van der Waals surface area contributed by atoms with Crippen LogP contribution in [0.4, 0.5) is 0 Å². The summed E-state index contributed by atoms with van der Waals surface area (Å²) in [5, 5.41) is 10.8. The fraction of sp³-hybridized carbons (Fsp3) is 0.308. The third-order valence-electron chi connectivity index (χ3n) is 6.56. The summed E-state index contributed by atoms with van der Waals surface area (Å²) in [4.78, 5) is 12.0. The molecule has 2 aliphatic rings. The molecular weight excluding hydrogens is 372 g/mol. The third-order valence-corrected chi connectivity index (χ3v) is 6.56. The number of nitrogens with zero attached hydrogens (tertiary/aromatic N) is 2. The van der Waals surface area contributed by atoms with Crippen LogP contribution in [0.3, 0.4) is 0 Å². The zero-order valence-corrected chi connectivity index (χ0v) is 17.1. The molecule has 3 aromatic rings. The lowest BCUT2D eigenvalue weighted by molar-refractivity contribution is 0.0601. The van der Waals surface area contributed by atoms with Crippen LogP contribution < -0.4 is 0 Å². The molecule has 2 heterocycles. The lowest BCUT2D eigenvalue weighted by Gasteiger charge is -2.22. The number of aromatic nitrogens is 1. The predicted octanol–water partition coefficient (Wildman–Crippen LogP) is 6.06. The third kappa shape index (κ3) is 3.11. The van der Waals surface area contributed by atoms with Crippen molar-refractivity contribution in [2.45, 2.75) is 44.6 Å². The fourth-order valence-electron chi connectivity index (χ4n) is 4.99. The summed E-state index contributed by atoms with van der Waals surface area (Å²) in [6, 6.07) is 16.9. The minimum atomic E-state index is -0.352. The van der Waals surface area contributed by atoms with Crippen LogP contribution in [0.2, 0.25) is 0 Å². The lowest BCUT2D eigenvalue weighted by Crippen LogP contribution is -2.05. The van der Waals surface area contributed by atoms with E-state index in [1.54, 1.807) is 6.07 Å². The molecule has 0 unspecified atom stereocenters. The van der Waals surface area contributed by atoms with Gasteiger partial charge in [0.05, 0.1) is 31.0 Å². The molecule has 0 spiro atoms. The molecule has 1 aliphatic carbocycles. The number of ether oxygens (including phenoxy) is 1. The number of carbonyl (C=O) groups is 1. The highest BCUT2D eigenvalue weighted by Crippen LogP contribution is 2.39. The Bertz CT molecular complexity index is 1220. The van der Waals surface area contributed by atoms with Gasteiger partial charge in [-0.2, -0.15) is 5.26 Å². The molecule has 4 nitrogen and oxygen atoms in total. The van der Waals surface area contributed by atoms with Gasteiger partial charge >= 0.3 is 5.97 Å². The second kappa shape index (κ2) is 7.50. The topological polar surface area (TPSA) is 55.0 Å². The van der Waals surface area contributed by atoms with E-state index in [-0.39, 0.29) is 5.97 Å². The minimum Gasteiger partial charge on any atom is -0.465 e. The van der Waals surface area contributed by atoms with Gasteiger partial charge in [0.25, 0.3) is 0 Å². The number of carbonyl (C=O) groups excluding carboxylic acids is 1. The maximum atomic E-state index is 12.0. The van der Waals surface area contributed by atoms with E-state index in [1.165, 1.54) is 44.8 Å². The molecule has 1 aliphatic heterocycles. The lowest BCUT2D eigenvalue weighted by atomic mass is 9.83. The van der Waals surface area contributed by atoms with E-state index in [0.29, 0.717) is 18.0 Å². The number of esters is 1. The van der Waals surface area contributed by atoms with Crippen LogP contribution in [0, 0.1) is 11.3 Å². The van der Waals surface area contributed by atoms with Gasteiger partial charge in [0.15, 0.2) is 0 Å². The van der Waals surface area contributed by atoms with Gasteiger partial charge in [0, 0.05) is 22.0 Å². The Morgan fingerprint density at radius 1 is 1.10 bits per heavy atom. The van der Waals surface area contributed by atoms with Crippen molar-refractivity contribution < 1.29 is 9.53 Å². The molecule has 30 heavy (non-hydrogen) atoms. The SMILES string of the molecule is COC(=O)c1ccc2cc3n(c2c1)CC(C#N)=Cc1cc(C2CCCCC2)ccc1-3. The van der Waals surface area contributed by atoms with Crippen molar-refractivity contribution in [1.29, 1.82) is 5.26 Å². The van der Waals surface area contributed by atoms with E-state index in [9.17, 15) is 10.1 Å². The van der Waals surface area contributed by atoms with E-state index < -0.39 is 0 Å². The monoisotopic (exact) mass is 396 g/mol. The van der Waals surface area contributed by atoms with Crippen molar-refractivity contribution in [3.05, 3.63) is 64.7 Å². The number of fused-ring (bicyclic) bond motifs is 5. The molecule has 4 heteroatoms. The molecule has 0 radical (unpaired) electrons. The van der Waals surface area contributed by atoms with Crippen LogP contribution in [-0.2, 0) is 11.3 Å². The molecule has 0 saturated heterocycles. The quantitative estimate of drug-likeness (QED) is 0.495. The molecule has 2 aromatic carbocycles. The van der Waals surface area contributed by atoms with Crippen molar-refractivity contribution in [1.82, 2.24) is 4.57 Å². The number of benzene rings is 2. The first kappa shape index (κ1) is 18.7. The van der Waals surface area contributed by atoms with E-state index >= 15 is 0 Å². The highest BCUT2D eigenvalue weighted by atomic mass is 16.5. The Hall–Kier alpha value is -3.32. The molecule has 5 rings (SSSR count). The Morgan fingerprint density at radius 2 is 1.93 bits per heavy atom. The second-order valence-corrected chi connectivity index (χ2v) is 8.34. The summed E-state index contributed by atoms with van der Waals surface area (Å²) < 4.78 is 7.03. The molecule has 0 bridgehead atoms. The van der Waals surface area contributed by atoms with E-state index in [1.807, 2.05) is 18.2 Å². The van der Waals surface area contributed by atoms with Crippen molar-refractivity contribution in [3.8, 4) is 17.3 Å². The van der Waals surface area contributed by atoms with Crippen LogP contribution in [-0.4, -0.2) is 17.6 Å². The van der Waals surface area contributed by atoms with Gasteiger partial charge in [0.1, 0.15) is 0 Å². The second-order valence-electron chi connectivity index (χ2n) is 8.34. The van der Waals surface area contributed by atoms with Crippen molar-refractivity contribution in [3.63, 3.8) is 0 Å². The number of nitriles is 1. The fourth-order valence-corrected chi connectivity index (χ4v) is 4.99. The van der Waals surface area contributed by atoms with Crippen LogP contribution in [0.5, 0.6) is 0 Å². The summed E-state index contributed by atoms with van der Waals surface area (Å²) >= 11 is 0. The van der Waals surface area contributed by atoms with Gasteiger partial charge in [-0.1, -0.05) is 43.5 Å². The minimum absolute atomic E-state index is 0.352. The normalized spacial score (nSPS) is 16.2. The van der Waals surface area contributed by atoms with Crippen molar-refractivity contribution in [2.24, 2.45) is 0 Å². The number of hydrogen-bond acceptors (Lipinski definition) is 3. The standard InChI is InChI=1S/C26H24N2O2/c1-30-26(29)21-8-7-20-13-25-23-10-9-19(18-5-3-2-4-6-18)12-22(23)11-17(15-27)16-28(25)24(20)14-21/h7-14,18H,2-6,16H2,1H3.